The van der Waals surface area contributed by atoms with Crippen LogP contribution in [0, 0.1) is 6.08 Å². The smallest absolute Gasteiger partial charge is 0.135 e. The highest BCUT2D eigenvalue weighted by molar-refractivity contribution is 4.64. The van der Waals surface area contributed by atoms with Gasteiger partial charge in [0.1, 0.15) is 11.8 Å². The minimum atomic E-state index is -0.109. The van der Waals surface area contributed by atoms with Crippen LogP contribution < -0.4 is 5.11 Å². The van der Waals surface area contributed by atoms with E-state index in [1.165, 1.54) is 0 Å². The number of rotatable bonds is 2. The molecule has 0 aliphatic rings. The molecule has 0 aliphatic carbocycles. The predicted molar refractivity (Wildman–Crippen MR) is 21.9 cm³/mol. The van der Waals surface area contributed by atoms with Crippen molar-refractivity contribution >= 4 is 0 Å². The fourth-order valence-corrected chi connectivity index (χ4v) is 0.139. The Balaban J connectivity index is 2.86. The van der Waals surface area contributed by atoms with E-state index in [1.807, 2.05) is 0 Å². The Morgan fingerprint density at radius 3 is 2.67 bits per heavy atom. The van der Waals surface area contributed by atoms with E-state index in [4.69, 9.17) is 0 Å². The van der Waals surface area contributed by atoms with E-state index in [0.717, 1.165) is 0 Å². The van der Waals surface area contributed by atoms with Gasteiger partial charge in [-0.05, 0) is 0 Å². The molecular formula is C5H6O. The van der Waals surface area contributed by atoms with E-state index in [2.05, 4.69) is 18.4 Å². The second-order valence-corrected chi connectivity index (χ2v) is 0.808. The molecule has 0 aliphatic heterocycles. The van der Waals surface area contributed by atoms with Crippen molar-refractivity contribution in [1.29, 1.82) is 0 Å². The Hall–Kier alpha value is -0.610. The second kappa shape index (κ2) is 4.39. The van der Waals surface area contributed by atoms with Crippen molar-refractivity contribution in [3.8, 4) is 0 Å². The van der Waals surface area contributed by atoms with Gasteiger partial charge in [0.15, 0.2) is 0 Å². The summed E-state index contributed by atoms with van der Waals surface area (Å²) in [6.07, 6.45) is 2.96. The maximum Gasteiger partial charge on any atom is 0.135 e. The zero-order chi connectivity index (χ0) is 4.83. The van der Waals surface area contributed by atoms with Gasteiger partial charge in [0.25, 0.3) is 0 Å². The third-order valence-corrected chi connectivity index (χ3v) is 0.352. The molecule has 0 atom stereocenters. The number of hydrogen-bond donors (Lipinski definition) is 0. The fourth-order valence-electron chi connectivity index (χ4n) is 0.139. The highest BCUT2D eigenvalue weighted by atomic mass is 16.2. The summed E-state index contributed by atoms with van der Waals surface area (Å²) in [7, 11) is 0. The standard InChI is InChI=1S/C5H6O/c1-2-3-4-5-6/h1,4-5H2. The molecule has 0 heterocycles. The molecule has 0 aromatic heterocycles. The van der Waals surface area contributed by atoms with E-state index in [-0.39, 0.29) is 6.61 Å². The van der Waals surface area contributed by atoms with E-state index >= 15 is 0 Å². The lowest BCUT2D eigenvalue weighted by molar-refractivity contribution is -0.366. The van der Waals surface area contributed by atoms with Gasteiger partial charge in [-0.2, -0.15) is 0 Å². The quantitative estimate of drug-likeness (QED) is 0.336. The van der Waals surface area contributed by atoms with Crippen LogP contribution in [0.4, 0.5) is 0 Å². The molecule has 1 heteroatoms. The summed E-state index contributed by atoms with van der Waals surface area (Å²) < 4.78 is 0. The summed E-state index contributed by atoms with van der Waals surface area (Å²) in [5, 5.41) is 9.56. The monoisotopic (exact) mass is 82.0 g/mol. The van der Waals surface area contributed by atoms with Crippen molar-refractivity contribution in [3.05, 3.63) is 18.4 Å². The first-order valence-electron chi connectivity index (χ1n) is 1.75. The first-order chi connectivity index (χ1) is 2.91. The zero-order valence-corrected chi connectivity index (χ0v) is 3.53. The fraction of sp³-hybridized carbons (Fsp3) is 0.400. The largest absolute Gasteiger partial charge is 0.852 e. The van der Waals surface area contributed by atoms with E-state index in [0.29, 0.717) is 6.42 Å². The van der Waals surface area contributed by atoms with Gasteiger partial charge in [-0.15, -0.1) is 6.61 Å². The Bertz CT molecular complexity index is 60.3. The summed E-state index contributed by atoms with van der Waals surface area (Å²) in [4.78, 5) is 0. The van der Waals surface area contributed by atoms with Crippen molar-refractivity contribution in [1.82, 2.24) is 0 Å². The van der Waals surface area contributed by atoms with E-state index in [9.17, 15) is 5.11 Å². The van der Waals surface area contributed by atoms with Crippen LogP contribution in [0.25, 0.3) is 0 Å². The van der Waals surface area contributed by atoms with Crippen LogP contribution >= 0.6 is 0 Å². The van der Waals surface area contributed by atoms with Crippen LogP contribution in [0.1, 0.15) is 6.42 Å². The summed E-state index contributed by atoms with van der Waals surface area (Å²) in [5.74, 6) is 0. The molecule has 0 aromatic rings. The molecule has 0 N–H and O–H groups in total. The minimum absolute atomic E-state index is 0.109. The van der Waals surface area contributed by atoms with Crippen LogP contribution in [0.3, 0.4) is 0 Å². The van der Waals surface area contributed by atoms with Crippen LogP contribution in [0.2, 0.25) is 0 Å². The lowest BCUT2D eigenvalue weighted by Gasteiger charge is -1.85. The highest BCUT2D eigenvalue weighted by Crippen LogP contribution is 1.67. The molecule has 1 nitrogen and oxygen atoms in total. The van der Waals surface area contributed by atoms with E-state index < -0.39 is 0 Å². The van der Waals surface area contributed by atoms with Crippen LogP contribution in [-0.4, -0.2) is 6.61 Å². The Labute approximate surface area is 37.6 Å². The van der Waals surface area contributed by atoms with Gasteiger partial charge in [0, 0.05) is 0 Å². The van der Waals surface area contributed by atoms with E-state index in [1.54, 1.807) is 0 Å². The lowest BCUT2D eigenvalue weighted by atomic mass is 10.4. The maximum atomic E-state index is 9.56. The van der Waals surface area contributed by atoms with Crippen LogP contribution in [0.15, 0.2) is 12.3 Å². The molecule has 0 fully saturated rings. The van der Waals surface area contributed by atoms with Crippen molar-refractivity contribution in [2.75, 3.05) is 6.61 Å². The van der Waals surface area contributed by atoms with Gasteiger partial charge in [-0.25, -0.2) is 0 Å². The van der Waals surface area contributed by atoms with Gasteiger partial charge in [-0.3, -0.25) is 0 Å². The summed E-state index contributed by atoms with van der Waals surface area (Å²) in [5.41, 5.74) is 2.37. The third kappa shape index (κ3) is 3.39. The molecule has 0 amide bonds. The minimum Gasteiger partial charge on any atom is -0.852 e. The molecule has 0 saturated heterocycles. The number of hydrogen-bond acceptors (Lipinski definition) is 1. The highest BCUT2D eigenvalue weighted by Gasteiger charge is 1.68. The van der Waals surface area contributed by atoms with Crippen molar-refractivity contribution in [3.63, 3.8) is 0 Å². The van der Waals surface area contributed by atoms with Gasteiger partial charge in [-0.1, -0.05) is 0 Å². The summed E-state index contributed by atoms with van der Waals surface area (Å²) in [6.45, 7) is 3.11. The molecule has 0 unspecified atom stereocenters. The average Bonchev–Trinajstić information content (AvgIpc) is 1.61. The average molecular weight is 82.1 g/mol. The predicted octanol–water partition coefficient (Wildman–Crippen LogP) is -0.119. The molecule has 0 saturated carbocycles. The molecule has 0 aromatic carbocycles. The van der Waals surface area contributed by atoms with Crippen LogP contribution in [0.5, 0.6) is 0 Å². The van der Waals surface area contributed by atoms with Crippen molar-refractivity contribution in [2.24, 2.45) is 0 Å². The molecular weight excluding hydrogens is 76.1 g/mol. The molecule has 0 rings (SSSR count). The molecule has 0 bridgehead atoms. The summed E-state index contributed by atoms with van der Waals surface area (Å²) in [6, 6.07) is 0. The molecule has 32 valence electrons. The molecule has 0 spiro atoms. The summed E-state index contributed by atoms with van der Waals surface area (Å²) >= 11 is 0. The normalized spacial score (nSPS) is 6.17. The maximum absolute atomic E-state index is 9.56. The first kappa shape index (κ1) is 5.39. The van der Waals surface area contributed by atoms with Crippen LogP contribution in [-0.2, 0) is 0 Å². The molecule has 6 heavy (non-hydrogen) atoms. The zero-order valence-electron chi connectivity index (χ0n) is 3.53. The van der Waals surface area contributed by atoms with Gasteiger partial charge in [0.05, 0.1) is 13.0 Å². The Morgan fingerprint density at radius 1 is 1.83 bits per heavy atom. The Kier molecular flexibility index (Phi) is 3.94. The SMILES string of the molecule is C=C=[C+]CC[O-]. The van der Waals surface area contributed by atoms with Gasteiger partial charge < -0.3 is 5.11 Å². The molecule has 0 radical (unpaired) electrons. The Morgan fingerprint density at radius 2 is 2.50 bits per heavy atom. The van der Waals surface area contributed by atoms with Crippen molar-refractivity contribution in [2.45, 2.75) is 6.42 Å². The van der Waals surface area contributed by atoms with Crippen molar-refractivity contribution < 1.29 is 5.11 Å². The topological polar surface area (TPSA) is 23.1 Å². The lowest BCUT2D eigenvalue weighted by Crippen LogP contribution is -2.02. The van der Waals surface area contributed by atoms with Gasteiger partial charge >= 0.3 is 0 Å². The van der Waals surface area contributed by atoms with Gasteiger partial charge in [0.2, 0.25) is 0 Å². The third-order valence-electron chi connectivity index (χ3n) is 0.352. The second-order valence-electron chi connectivity index (χ2n) is 0.808. The first-order valence-corrected chi connectivity index (χ1v) is 1.75.